The Bertz CT molecular complexity index is 1510. The Morgan fingerprint density at radius 3 is 2.38 bits per heavy atom. The van der Waals surface area contributed by atoms with Crippen LogP contribution in [0.1, 0.15) is 83.3 Å². The lowest BCUT2D eigenvalue weighted by Crippen LogP contribution is -2.61. The summed E-state index contributed by atoms with van der Waals surface area (Å²) in [5, 5.41) is 17.9. The minimum atomic E-state index is -1.35. The number of aliphatic hydroxyl groups is 1. The number of rotatable bonds is 4. The lowest BCUT2D eigenvalue weighted by molar-refractivity contribution is -0.134. The van der Waals surface area contributed by atoms with Crippen LogP contribution in [0.2, 0.25) is 10.2 Å². The quantitative estimate of drug-likeness (QED) is 0.295. The summed E-state index contributed by atoms with van der Waals surface area (Å²) in [4.78, 5) is 44.2. The fraction of sp³-hybridized carbons (Fsp3) is 0.576. The van der Waals surface area contributed by atoms with Crippen molar-refractivity contribution in [3.05, 3.63) is 57.6 Å². The van der Waals surface area contributed by atoms with E-state index in [-0.39, 0.29) is 58.7 Å². The van der Waals surface area contributed by atoms with E-state index in [1.54, 1.807) is 26.0 Å². The fourth-order valence-corrected chi connectivity index (χ4v) is 8.05. The van der Waals surface area contributed by atoms with E-state index in [2.05, 4.69) is 34.8 Å². The average molecular weight is 733 g/mol. The van der Waals surface area contributed by atoms with Crippen molar-refractivity contribution in [1.82, 2.24) is 15.6 Å². The Kier molecular flexibility index (Phi) is 12.6. The van der Waals surface area contributed by atoms with Crippen molar-refractivity contribution in [2.45, 2.75) is 107 Å². The van der Waals surface area contributed by atoms with Gasteiger partial charge in [-0.15, -0.1) is 12.4 Å². The maximum absolute atomic E-state index is 16.0. The average Bonchev–Trinajstić information content (AvgIpc) is 3.44. The highest BCUT2D eigenvalue weighted by molar-refractivity contribution is 6.31. The number of hydrogen-bond donors (Lipinski definition) is 5. The minimum Gasteiger partial charge on any atom is -0.412 e. The first-order chi connectivity index (χ1) is 21.6. The number of carbonyl (C=O) groups is 3. The Morgan fingerprint density at radius 1 is 1.15 bits per heavy atom. The molecule has 1 aliphatic carbocycles. The summed E-state index contributed by atoms with van der Waals surface area (Å²) in [6.45, 7) is 7.94. The number of amides is 3. The summed E-state index contributed by atoms with van der Waals surface area (Å²) >= 11 is 12.5. The van der Waals surface area contributed by atoms with Crippen LogP contribution in [-0.2, 0) is 24.5 Å². The largest absolute Gasteiger partial charge is 0.412 e. The number of hydrogen-bond acceptors (Lipinski definition) is 7. The van der Waals surface area contributed by atoms with Crippen LogP contribution in [0.4, 0.5) is 10.1 Å². The van der Waals surface area contributed by atoms with Gasteiger partial charge in [0, 0.05) is 34.5 Å². The monoisotopic (exact) mass is 731 g/mol. The van der Waals surface area contributed by atoms with Gasteiger partial charge in [-0.3, -0.25) is 19.7 Å². The van der Waals surface area contributed by atoms with Crippen LogP contribution in [0.3, 0.4) is 0 Å². The fourth-order valence-electron chi connectivity index (χ4n) is 7.71. The Balaban J connectivity index is 0.000000988. The second-order valence-corrected chi connectivity index (χ2v) is 14.7. The van der Waals surface area contributed by atoms with Gasteiger partial charge < -0.3 is 31.7 Å². The lowest BCUT2D eigenvalue weighted by Gasteiger charge is -2.50. The molecule has 5 atom stereocenters. The molecular formula is C33H45Cl3FN5O6. The molecule has 0 unspecified atom stereocenters. The maximum atomic E-state index is 16.0. The van der Waals surface area contributed by atoms with Gasteiger partial charge in [0.25, 0.3) is 0 Å². The normalized spacial score (nSPS) is 28.0. The molecule has 4 heterocycles. The second kappa shape index (κ2) is 15.1. The molecular weight excluding hydrogens is 688 g/mol. The van der Waals surface area contributed by atoms with Gasteiger partial charge in [0.15, 0.2) is 11.0 Å². The van der Waals surface area contributed by atoms with Crippen LogP contribution in [0.5, 0.6) is 0 Å². The topological polar surface area (TPSA) is 187 Å². The summed E-state index contributed by atoms with van der Waals surface area (Å²) in [7, 11) is 0. The molecule has 48 heavy (non-hydrogen) atoms. The third-order valence-corrected chi connectivity index (χ3v) is 10.4. The van der Waals surface area contributed by atoms with Crippen LogP contribution < -0.4 is 21.7 Å². The smallest absolute Gasteiger partial charge is 0.246 e. The van der Waals surface area contributed by atoms with E-state index in [1.807, 2.05) is 6.07 Å². The Hall–Kier alpha value is -2.58. The van der Waals surface area contributed by atoms with Gasteiger partial charge in [-0.2, -0.15) is 0 Å². The van der Waals surface area contributed by atoms with Crippen LogP contribution in [0.15, 0.2) is 30.5 Å². The molecule has 3 aliphatic heterocycles. The summed E-state index contributed by atoms with van der Waals surface area (Å²) < 4.78 is 21.6. The predicted octanol–water partition coefficient (Wildman–Crippen LogP) is 3.95. The third kappa shape index (κ3) is 7.17. The van der Waals surface area contributed by atoms with Crippen molar-refractivity contribution in [3.63, 3.8) is 0 Å². The number of ether oxygens (including phenoxy) is 1. The molecule has 0 radical (unpaired) electrons. The second-order valence-electron chi connectivity index (χ2n) is 13.9. The number of nitrogens with zero attached hydrogens (tertiary/aromatic N) is 1. The van der Waals surface area contributed by atoms with Crippen LogP contribution in [-0.4, -0.2) is 69.7 Å². The molecule has 3 fully saturated rings. The number of aliphatic hydroxyl groups excluding tert-OH is 1. The van der Waals surface area contributed by atoms with Gasteiger partial charge in [0.2, 0.25) is 17.7 Å². The molecule has 1 aromatic carbocycles. The van der Waals surface area contributed by atoms with E-state index < -0.39 is 46.6 Å². The van der Waals surface area contributed by atoms with Gasteiger partial charge in [0.05, 0.1) is 18.7 Å². The molecule has 266 valence electrons. The summed E-state index contributed by atoms with van der Waals surface area (Å²) in [5.41, 5.74) is 4.54. The van der Waals surface area contributed by atoms with Gasteiger partial charge in [0.1, 0.15) is 11.5 Å². The van der Waals surface area contributed by atoms with Gasteiger partial charge in [-0.25, -0.2) is 9.37 Å². The van der Waals surface area contributed by atoms with E-state index in [0.717, 1.165) is 12.8 Å². The number of anilines is 1. The molecule has 4 aliphatic rings. The van der Waals surface area contributed by atoms with Crippen molar-refractivity contribution >= 4 is 59.0 Å². The molecule has 2 aromatic rings. The van der Waals surface area contributed by atoms with E-state index >= 15 is 4.39 Å². The molecule has 3 amide bonds. The van der Waals surface area contributed by atoms with Gasteiger partial charge >= 0.3 is 0 Å². The molecule has 11 nitrogen and oxygen atoms in total. The molecule has 15 heteroatoms. The van der Waals surface area contributed by atoms with E-state index in [0.29, 0.717) is 42.0 Å². The third-order valence-electron chi connectivity index (χ3n) is 9.89. The summed E-state index contributed by atoms with van der Waals surface area (Å²) in [6.07, 6.45) is 4.15. The zero-order valence-electron chi connectivity index (χ0n) is 27.4. The highest BCUT2D eigenvalue weighted by Gasteiger charge is 2.73. The number of pyridine rings is 1. The summed E-state index contributed by atoms with van der Waals surface area (Å²) in [5.74, 6) is -2.99. The predicted molar refractivity (Wildman–Crippen MR) is 184 cm³/mol. The molecule has 2 saturated heterocycles. The lowest BCUT2D eigenvalue weighted by atomic mass is 9.53. The van der Waals surface area contributed by atoms with Gasteiger partial charge in [-0.1, -0.05) is 43.1 Å². The Morgan fingerprint density at radius 2 is 1.79 bits per heavy atom. The van der Waals surface area contributed by atoms with Crippen molar-refractivity contribution in [3.8, 4) is 0 Å². The number of carbonyl (C=O) groups excluding carboxylic acids is 3. The maximum Gasteiger partial charge on any atom is 0.246 e. The van der Waals surface area contributed by atoms with Crippen LogP contribution in [0.25, 0.3) is 0 Å². The number of fused-ring (bicyclic) bond motifs is 3. The zero-order valence-corrected chi connectivity index (χ0v) is 29.7. The molecule has 6 rings (SSSR count). The van der Waals surface area contributed by atoms with E-state index in [4.69, 9.17) is 38.8 Å². The Labute approximate surface area is 296 Å². The van der Waals surface area contributed by atoms with Crippen molar-refractivity contribution in [2.24, 2.45) is 11.1 Å². The van der Waals surface area contributed by atoms with E-state index in [9.17, 15) is 14.4 Å². The highest BCUT2D eigenvalue weighted by atomic mass is 35.5. The molecule has 2 spiro atoms. The SMILES string of the molecule is CC(C)O.CC1(C)CCC2(CC1)N[C@@H](C(=O)N[C@@H]1CC[C@@H](C(N)=O)OC1)[C@H](c1ccnc(Cl)c1F)[C@]21C(=O)Nc2cc(Cl)ccc21.Cl.O. The first-order valence-electron chi connectivity index (χ1n) is 15.7. The number of primary amides is 1. The first-order valence-corrected chi connectivity index (χ1v) is 16.5. The number of aromatic nitrogens is 1. The molecule has 0 bridgehead atoms. The van der Waals surface area contributed by atoms with Crippen molar-refractivity contribution in [1.29, 1.82) is 0 Å². The highest BCUT2D eigenvalue weighted by Crippen LogP contribution is 2.64. The number of nitrogens with two attached hydrogens (primary N) is 1. The van der Waals surface area contributed by atoms with Crippen LogP contribution >= 0.6 is 35.6 Å². The minimum absolute atomic E-state index is 0. The zero-order chi connectivity index (χ0) is 33.6. The number of benzene rings is 1. The van der Waals surface area contributed by atoms with Crippen molar-refractivity contribution < 1.29 is 34.1 Å². The molecule has 8 N–H and O–H groups in total. The van der Waals surface area contributed by atoms with Crippen LogP contribution in [0, 0.1) is 11.2 Å². The number of halogens is 4. The standard InChI is InChI=1S/C30H34Cl2FN5O4.C3H8O.ClH.H2O/c1-28(2)8-10-29(11-9-28)30(18-5-3-15(31)13-19(18)37-27(30)41)21(17-7-12-35-24(32)22(17)33)23(38-29)26(40)36-16-4-6-20(25(34)39)42-14-16;1-3(2)4;;/h3,5,7,12-13,16,20-21,23,38H,4,6,8-11,14H2,1-2H3,(H2,34,39)(H,36,40)(H,37,41);3-4H,1-2H3;1H;1H2/t16-,20+,21+,23-,30-;;;/m1.../s1. The van der Waals surface area contributed by atoms with E-state index in [1.165, 1.54) is 12.3 Å². The number of nitrogens with one attached hydrogen (secondary N) is 3. The van der Waals surface area contributed by atoms with Crippen molar-refractivity contribution in [2.75, 3.05) is 11.9 Å². The summed E-state index contributed by atoms with van der Waals surface area (Å²) in [6, 6.07) is 5.34. The molecule has 1 aromatic heterocycles. The van der Waals surface area contributed by atoms with Gasteiger partial charge in [-0.05, 0) is 87.1 Å². The molecule has 1 saturated carbocycles. The first kappa shape index (κ1) is 39.9.